The fraction of sp³-hybridized carbons (Fsp3) is 0.231. The summed E-state index contributed by atoms with van der Waals surface area (Å²) in [5.74, 6) is 0.299. The Kier molecular flexibility index (Phi) is 5.65. The van der Waals surface area contributed by atoms with Crippen molar-refractivity contribution in [2.24, 2.45) is 0 Å². The van der Waals surface area contributed by atoms with Gasteiger partial charge >= 0.3 is 0 Å². The third-order valence-electron chi connectivity index (χ3n) is 2.38. The monoisotopic (exact) mass is 434 g/mol. The molecule has 0 spiro atoms. The van der Waals surface area contributed by atoms with Crippen molar-refractivity contribution in [2.75, 3.05) is 11.1 Å². The number of thioether (sulfide) groups is 1. The molecule has 0 fully saturated rings. The van der Waals surface area contributed by atoms with Gasteiger partial charge in [0.2, 0.25) is 5.91 Å². The first kappa shape index (κ1) is 16.0. The van der Waals surface area contributed by atoms with Gasteiger partial charge in [-0.15, -0.1) is 11.3 Å². The molecule has 1 heterocycles. The van der Waals surface area contributed by atoms with E-state index in [9.17, 15) is 4.79 Å². The number of hydrogen-bond acceptors (Lipinski definition) is 4. The number of thiazole rings is 1. The van der Waals surface area contributed by atoms with Crippen molar-refractivity contribution in [2.45, 2.75) is 18.2 Å². The van der Waals surface area contributed by atoms with Gasteiger partial charge in [0, 0.05) is 20.0 Å². The van der Waals surface area contributed by atoms with Crippen LogP contribution in [0.1, 0.15) is 11.3 Å². The lowest BCUT2D eigenvalue weighted by molar-refractivity contribution is -0.113. The Morgan fingerprint density at radius 3 is 2.55 bits per heavy atom. The Balaban J connectivity index is 1.98. The molecule has 0 aliphatic rings. The number of aromatic nitrogens is 1. The number of halogens is 2. The van der Waals surface area contributed by atoms with Gasteiger partial charge < -0.3 is 5.32 Å². The Morgan fingerprint density at radius 2 is 2.00 bits per heavy atom. The van der Waals surface area contributed by atoms with E-state index < -0.39 is 0 Å². The third kappa shape index (κ3) is 4.31. The second-order valence-electron chi connectivity index (χ2n) is 4.20. The summed E-state index contributed by atoms with van der Waals surface area (Å²) < 4.78 is 2.65. The molecule has 0 saturated carbocycles. The van der Waals surface area contributed by atoms with Gasteiger partial charge in [-0.1, -0.05) is 11.8 Å². The van der Waals surface area contributed by atoms with Crippen LogP contribution in [0.2, 0.25) is 0 Å². The van der Waals surface area contributed by atoms with E-state index in [1.807, 2.05) is 31.4 Å². The number of benzene rings is 1. The molecule has 106 valence electrons. The highest BCUT2D eigenvalue weighted by Gasteiger charge is 2.11. The standard InChI is InChI=1S/C13H12Br2N2OS2/c1-7-3-9(14)12(10(15)4-7)17-11(18)6-20-13-16-8(2)5-19-13/h3-5H,6H2,1-2H3,(H,17,18). The van der Waals surface area contributed by atoms with Crippen LogP contribution in [-0.4, -0.2) is 16.6 Å². The van der Waals surface area contributed by atoms with Crippen molar-refractivity contribution in [3.63, 3.8) is 0 Å². The topological polar surface area (TPSA) is 42.0 Å². The number of anilines is 1. The largest absolute Gasteiger partial charge is 0.323 e. The first-order valence-corrected chi connectivity index (χ1v) is 9.21. The molecule has 1 amide bonds. The third-order valence-corrected chi connectivity index (χ3v) is 5.77. The molecule has 2 aromatic rings. The number of carbonyl (C=O) groups excluding carboxylic acids is 1. The maximum Gasteiger partial charge on any atom is 0.234 e. The molecule has 1 aromatic carbocycles. The van der Waals surface area contributed by atoms with E-state index in [4.69, 9.17) is 0 Å². The van der Waals surface area contributed by atoms with Gasteiger partial charge in [-0.05, 0) is 63.4 Å². The summed E-state index contributed by atoms with van der Waals surface area (Å²) in [7, 11) is 0. The Labute approximate surface area is 142 Å². The maximum absolute atomic E-state index is 12.0. The average Bonchev–Trinajstić information content (AvgIpc) is 2.77. The molecular formula is C13H12Br2N2OS2. The molecule has 0 aliphatic carbocycles. The highest BCUT2D eigenvalue weighted by Crippen LogP contribution is 2.32. The van der Waals surface area contributed by atoms with E-state index in [2.05, 4.69) is 42.2 Å². The molecule has 0 radical (unpaired) electrons. The van der Waals surface area contributed by atoms with Gasteiger partial charge in [0.1, 0.15) is 0 Å². The van der Waals surface area contributed by atoms with Crippen LogP contribution in [0.4, 0.5) is 5.69 Å². The first-order valence-electron chi connectivity index (χ1n) is 5.76. The van der Waals surface area contributed by atoms with Crippen LogP contribution in [0.3, 0.4) is 0 Å². The van der Waals surface area contributed by atoms with Crippen molar-refractivity contribution in [1.29, 1.82) is 0 Å². The maximum atomic E-state index is 12.0. The molecule has 1 N–H and O–H groups in total. The van der Waals surface area contributed by atoms with E-state index in [1.165, 1.54) is 11.8 Å². The summed E-state index contributed by atoms with van der Waals surface area (Å²) >= 11 is 9.94. The zero-order valence-corrected chi connectivity index (χ0v) is 15.7. The van der Waals surface area contributed by atoms with E-state index in [0.717, 1.165) is 30.2 Å². The van der Waals surface area contributed by atoms with Gasteiger partial charge in [0.05, 0.1) is 11.4 Å². The minimum Gasteiger partial charge on any atom is -0.323 e. The summed E-state index contributed by atoms with van der Waals surface area (Å²) in [6, 6.07) is 3.94. The summed E-state index contributed by atoms with van der Waals surface area (Å²) in [6.07, 6.45) is 0. The predicted molar refractivity (Wildman–Crippen MR) is 92.8 cm³/mol. The molecule has 2 rings (SSSR count). The first-order chi connectivity index (χ1) is 9.45. The minimum absolute atomic E-state index is 0.0480. The van der Waals surface area contributed by atoms with Crippen LogP contribution in [0.15, 0.2) is 30.8 Å². The molecule has 0 unspecified atom stereocenters. The molecule has 1 aromatic heterocycles. The van der Waals surface area contributed by atoms with Crippen LogP contribution in [0, 0.1) is 13.8 Å². The number of hydrogen-bond donors (Lipinski definition) is 1. The lowest BCUT2D eigenvalue weighted by atomic mass is 10.2. The van der Waals surface area contributed by atoms with Crippen LogP contribution in [0.25, 0.3) is 0 Å². The number of amides is 1. The van der Waals surface area contributed by atoms with Crippen molar-refractivity contribution >= 4 is 66.6 Å². The Morgan fingerprint density at radius 1 is 1.35 bits per heavy atom. The number of nitrogens with one attached hydrogen (secondary N) is 1. The Bertz CT molecular complexity index is 620. The summed E-state index contributed by atoms with van der Waals surface area (Å²) in [5, 5.41) is 4.89. The van der Waals surface area contributed by atoms with Crippen molar-refractivity contribution in [1.82, 2.24) is 4.98 Å². The smallest absolute Gasteiger partial charge is 0.234 e. The van der Waals surface area contributed by atoms with Crippen LogP contribution in [0.5, 0.6) is 0 Å². The van der Waals surface area contributed by atoms with Crippen LogP contribution in [-0.2, 0) is 4.79 Å². The fourth-order valence-corrected chi connectivity index (χ4v) is 4.78. The predicted octanol–water partition coefficient (Wildman–Crippen LogP) is 5.02. The Hall–Kier alpha value is -0.370. The zero-order chi connectivity index (χ0) is 14.7. The molecule has 7 heteroatoms. The second kappa shape index (κ2) is 7.06. The molecule has 20 heavy (non-hydrogen) atoms. The van der Waals surface area contributed by atoms with Gasteiger partial charge in [0.25, 0.3) is 0 Å². The van der Waals surface area contributed by atoms with Crippen molar-refractivity contribution in [3.05, 3.63) is 37.7 Å². The molecule has 0 aliphatic heterocycles. The van der Waals surface area contributed by atoms with Gasteiger partial charge in [-0.2, -0.15) is 0 Å². The summed E-state index contributed by atoms with van der Waals surface area (Å²) in [6.45, 7) is 3.95. The van der Waals surface area contributed by atoms with E-state index in [-0.39, 0.29) is 5.91 Å². The van der Waals surface area contributed by atoms with Gasteiger partial charge in [0.15, 0.2) is 4.34 Å². The molecule has 0 saturated heterocycles. The zero-order valence-electron chi connectivity index (χ0n) is 10.9. The highest BCUT2D eigenvalue weighted by molar-refractivity contribution is 9.11. The quantitative estimate of drug-likeness (QED) is 0.685. The SMILES string of the molecule is Cc1cc(Br)c(NC(=O)CSc2nc(C)cs2)c(Br)c1. The molecule has 0 atom stereocenters. The van der Waals surface area contributed by atoms with E-state index >= 15 is 0 Å². The highest BCUT2D eigenvalue weighted by atomic mass is 79.9. The number of nitrogens with zero attached hydrogens (tertiary/aromatic N) is 1. The van der Waals surface area contributed by atoms with E-state index in [0.29, 0.717) is 5.75 Å². The lowest BCUT2D eigenvalue weighted by Gasteiger charge is -2.10. The summed E-state index contributed by atoms with van der Waals surface area (Å²) in [4.78, 5) is 16.3. The number of carbonyl (C=O) groups is 1. The van der Waals surface area contributed by atoms with E-state index in [1.54, 1.807) is 11.3 Å². The van der Waals surface area contributed by atoms with Crippen molar-refractivity contribution < 1.29 is 4.79 Å². The molecule has 3 nitrogen and oxygen atoms in total. The number of aryl methyl sites for hydroxylation is 2. The van der Waals surface area contributed by atoms with Gasteiger partial charge in [-0.25, -0.2) is 4.98 Å². The fourth-order valence-electron chi connectivity index (χ4n) is 1.52. The van der Waals surface area contributed by atoms with Crippen LogP contribution >= 0.6 is 55.0 Å². The van der Waals surface area contributed by atoms with Crippen LogP contribution < -0.4 is 5.32 Å². The summed E-state index contributed by atoms with van der Waals surface area (Å²) in [5.41, 5.74) is 2.87. The van der Waals surface area contributed by atoms with Crippen molar-refractivity contribution in [3.8, 4) is 0 Å². The minimum atomic E-state index is -0.0480. The average molecular weight is 436 g/mol. The van der Waals surface area contributed by atoms with Gasteiger partial charge in [-0.3, -0.25) is 4.79 Å². The molecular weight excluding hydrogens is 424 g/mol. The lowest BCUT2D eigenvalue weighted by Crippen LogP contribution is -2.14. The number of rotatable bonds is 4. The normalized spacial score (nSPS) is 10.6. The second-order valence-corrected chi connectivity index (χ2v) is 7.98. The molecule has 0 bridgehead atoms.